The number of anilines is 1. The van der Waals surface area contributed by atoms with E-state index in [0.717, 1.165) is 50.2 Å². The lowest BCUT2D eigenvalue weighted by Crippen LogP contribution is -2.43. The van der Waals surface area contributed by atoms with Crippen LogP contribution in [0.3, 0.4) is 0 Å². The van der Waals surface area contributed by atoms with Crippen LogP contribution in [-0.2, 0) is 4.79 Å². The van der Waals surface area contributed by atoms with Gasteiger partial charge in [-0.05, 0) is 69.5 Å². The number of pyridine rings is 1. The lowest BCUT2D eigenvalue weighted by Gasteiger charge is -2.33. The molecule has 0 spiro atoms. The maximum Gasteiger partial charge on any atom is 0.223 e. The molecule has 1 unspecified atom stereocenters. The van der Waals surface area contributed by atoms with E-state index in [1.165, 1.54) is 24.0 Å². The average Bonchev–Trinajstić information content (AvgIpc) is 3.40. The van der Waals surface area contributed by atoms with Crippen LogP contribution in [0.4, 0.5) is 5.82 Å². The van der Waals surface area contributed by atoms with Crippen molar-refractivity contribution in [2.45, 2.75) is 38.6 Å². The third-order valence-electron chi connectivity index (χ3n) is 7.39. The van der Waals surface area contributed by atoms with E-state index in [1.54, 1.807) is 6.07 Å². The molecule has 1 amide bonds. The number of fused-ring (bicyclic) bond motifs is 1. The number of hydrogen-bond donors (Lipinski definition) is 2. The van der Waals surface area contributed by atoms with Gasteiger partial charge in [-0.2, -0.15) is 0 Å². The Morgan fingerprint density at radius 3 is 2.50 bits per heavy atom. The number of nitrogens with zero attached hydrogens (tertiary/aromatic N) is 3. The number of benzene rings is 2. The van der Waals surface area contributed by atoms with E-state index in [9.17, 15) is 9.90 Å². The molecular formula is C28H34N4O2. The minimum atomic E-state index is 0.0300. The quantitative estimate of drug-likeness (QED) is 0.572. The van der Waals surface area contributed by atoms with Crippen molar-refractivity contribution >= 4 is 22.6 Å². The molecule has 3 heterocycles. The van der Waals surface area contributed by atoms with Crippen LogP contribution < -0.4 is 10.2 Å². The molecule has 2 aliphatic heterocycles. The third-order valence-corrected chi connectivity index (χ3v) is 7.39. The summed E-state index contributed by atoms with van der Waals surface area (Å²) in [5, 5.41) is 14.4. The van der Waals surface area contributed by atoms with Crippen LogP contribution in [0, 0.1) is 12.8 Å². The van der Waals surface area contributed by atoms with Crippen LogP contribution in [0.25, 0.3) is 10.9 Å². The number of amides is 1. The fraction of sp³-hybridized carbons (Fsp3) is 0.429. The van der Waals surface area contributed by atoms with Gasteiger partial charge in [-0.25, -0.2) is 4.98 Å². The number of aromatic nitrogens is 1. The highest BCUT2D eigenvalue weighted by Gasteiger charge is 2.28. The summed E-state index contributed by atoms with van der Waals surface area (Å²) in [6, 6.07) is 18.4. The first-order valence-corrected chi connectivity index (χ1v) is 12.5. The molecule has 6 nitrogen and oxygen atoms in total. The molecule has 0 radical (unpaired) electrons. The first-order valence-electron chi connectivity index (χ1n) is 12.5. The number of nitrogens with one attached hydrogen (secondary N) is 1. The standard InChI is InChI=1S/C28H34N4O2/c1-20-7-9-21(10-8-20)24(31-15-2-3-16-31)19-29-28(34)23-13-17-32(18-14-23)26-12-11-22-5-4-6-25(33)27(22)30-26/h4-12,23-24,33H,2-3,13-19H2,1H3,(H,29,34). The van der Waals surface area contributed by atoms with Gasteiger partial charge in [-0.15, -0.1) is 0 Å². The van der Waals surface area contributed by atoms with Gasteiger partial charge >= 0.3 is 0 Å². The third kappa shape index (κ3) is 4.87. The fourth-order valence-corrected chi connectivity index (χ4v) is 5.31. The SMILES string of the molecule is Cc1ccc(C(CNC(=O)C2CCN(c3ccc4cccc(O)c4n3)CC2)N2CCCC2)cc1. The predicted molar refractivity (Wildman–Crippen MR) is 136 cm³/mol. The number of aryl methyl sites for hydroxylation is 1. The highest BCUT2D eigenvalue weighted by molar-refractivity contribution is 5.85. The van der Waals surface area contributed by atoms with E-state index >= 15 is 0 Å². The number of likely N-dealkylation sites (tertiary alicyclic amines) is 1. The van der Waals surface area contributed by atoms with Crippen molar-refractivity contribution in [3.8, 4) is 5.75 Å². The molecule has 178 valence electrons. The van der Waals surface area contributed by atoms with Gasteiger partial charge in [0.05, 0.1) is 6.04 Å². The van der Waals surface area contributed by atoms with Crippen molar-refractivity contribution < 1.29 is 9.90 Å². The summed E-state index contributed by atoms with van der Waals surface area (Å²) < 4.78 is 0. The van der Waals surface area contributed by atoms with E-state index in [0.29, 0.717) is 12.1 Å². The number of piperidine rings is 1. The number of phenolic OH excluding ortho intramolecular Hbond substituents is 1. The highest BCUT2D eigenvalue weighted by Crippen LogP contribution is 2.29. The zero-order chi connectivity index (χ0) is 23.5. The van der Waals surface area contributed by atoms with Crippen molar-refractivity contribution in [3.63, 3.8) is 0 Å². The molecule has 1 atom stereocenters. The normalized spacial score (nSPS) is 18.3. The van der Waals surface area contributed by atoms with Gasteiger partial charge in [-0.1, -0.05) is 42.0 Å². The van der Waals surface area contributed by atoms with Gasteiger partial charge in [0.2, 0.25) is 5.91 Å². The molecule has 6 heteroatoms. The molecule has 2 saturated heterocycles. The minimum Gasteiger partial charge on any atom is -0.506 e. The van der Waals surface area contributed by atoms with Crippen LogP contribution in [0.1, 0.15) is 42.9 Å². The van der Waals surface area contributed by atoms with Crippen molar-refractivity contribution in [2.75, 3.05) is 37.6 Å². The second-order valence-corrected chi connectivity index (χ2v) is 9.69. The average molecular weight is 459 g/mol. The molecule has 1 aromatic heterocycles. The number of aromatic hydroxyl groups is 1. The summed E-state index contributed by atoms with van der Waals surface area (Å²) >= 11 is 0. The maximum absolute atomic E-state index is 13.1. The van der Waals surface area contributed by atoms with Crippen LogP contribution in [0.15, 0.2) is 54.6 Å². The molecule has 0 saturated carbocycles. The Bertz CT molecular complexity index is 1130. The smallest absolute Gasteiger partial charge is 0.223 e. The molecule has 2 N–H and O–H groups in total. The monoisotopic (exact) mass is 458 g/mol. The zero-order valence-corrected chi connectivity index (χ0v) is 19.9. The zero-order valence-electron chi connectivity index (χ0n) is 19.9. The second kappa shape index (κ2) is 10.0. The van der Waals surface area contributed by atoms with Crippen molar-refractivity contribution in [2.24, 2.45) is 5.92 Å². The fourth-order valence-electron chi connectivity index (χ4n) is 5.31. The van der Waals surface area contributed by atoms with E-state index in [-0.39, 0.29) is 23.6 Å². The van der Waals surface area contributed by atoms with Crippen LogP contribution in [-0.4, -0.2) is 53.6 Å². The van der Waals surface area contributed by atoms with Gasteiger partial charge in [-0.3, -0.25) is 9.69 Å². The summed E-state index contributed by atoms with van der Waals surface area (Å²) in [7, 11) is 0. The Balaban J connectivity index is 1.19. The molecular weight excluding hydrogens is 424 g/mol. The summed E-state index contributed by atoms with van der Waals surface area (Å²) in [4.78, 5) is 22.5. The Kier molecular flexibility index (Phi) is 6.68. The van der Waals surface area contributed by atoms with E-state index in [2.05, 4.69) is 51.3 Å². The molecule has 3 aromatic rings. The Morgan fingerprint density at radius 1 is 1.03 bits per heavy atom. The number of carbonyl (C=O) groups excluding carboxylic acids is 1. The molecule has 0 aliphatic carbocycles. The van der Waals surface area contributed by atoms with Gasteiger partial charge < -0.3 is 15.3 Å². The van der Waals surface area contributed by atoms with Gasteiger partial charge in [0.15, 0.2) is 0 Å². The summed E-state index contributed by atoms with van der Waals surface area (Å²) in [6.07, 6.45) is 4.08. The summed E-state index contributed by atoms with van der Waals surface area (Å²) in [6.45, 7) is 6.55. The van der Waals surface area contributed by atoms with E-state index in [4.69, 9.17) is 0 Å². The van der Waals surface area contributed by atoms with E-state index < -0.39 is 0 Å². The van der Waals surface area contributed by atoms with Crippen LogP contribution in [0.5, 0.6) is 5.75 Å². The molecule has 0 bridgehead atoms. The van der Waals surface area contributed by atoms with Gasteiger partial charge in [0, 0.05) is 30.9 Å². The number of hydrogen-bond acceptors (Lipinski definition) is 5. The Labute approximate surface area is 201 Å². The lowest BCUT2D eigenvalue weighted by atomic mass is 9.95. The number of rotatable bonds is 6. The largest absolute Gasteiger partial charge is 0.506 e. The molecule has 34 heavy (non-hydrogen) atoms. The predicted octanol–water partition coefficient (Wildman–Crippen LogP) is 4.42. The highest BCUT2D eigenvalue weighted by atomic mass is 16.3. The maximum atomic E-state index is 13.1. The summed E-state index contributed by atoms with van der Waals surface area (Å²) in [5.41, 5.74) is 3.17. The van der Waals surface area contributed by atoms with Crippen LogP contribution in [0.2, 0.25) is 0 Å². The van der Waals surface area contributed by atoms with Crippen molar-refractivity contribution in [1.29, 1.82) is 0 Å². The van der Waals surface area contributed by atoms with Crippen LogP contribution >= 0.6 is 0 Å². The molecule has 5 rings (SSSR count). The molecule has 2 aliphatic rings. The number of carbonyl (C=O) groups is 1. The number of para-hydroxylation sites is 1. The summed E-state index contributed by atoms with van der Waals surface area (Å²) in [5.74, 6) is 1.26. The molecule has 2 fully saturated rings. The Morgan fingerprint density at radius 2 is 1.76 bits per heavy atom. The topological polar surface area (TPSA) is 68.7 Å². The lowest BCUT2D eigenvalue weighted by molar-refractivity contribution is -0.125. The van der Waals surface area contributed by atoms with Gasteiger partial charge in [0.1, 0.15) is 17.1 Å². The van der Waals surface area contributed by atoms with Gasteiger partial charge in [0.25, 0.3) is 0 Å². The van der Waals surface area contributed by atoms with E-state index in [1.807, 2.05) is 24.3 Å². The Hall–Kier alpha value is -3.12. The van der Waals surface area contributed by atoms with Crippen molar-refractivity contribution in [3.05, 3.63) is 65.7 Å². The second-order valence-electron chi connectivity index (χ2n) is 9.69. The first kappa shape index (κ1) is 22.7. The van der Waals surface area contributed by atoms with Crippen molar-refractivity contribution in [1.82, 2.24) is 15.2 Å². The molecule has 2 aromatic carbocycles. The number of phenols is 1. The minimum absolute atomic E-state index is 0.0300. The first-order chi connectivity index (χ1) is 16.6.